The minimum absolute atomic E-state index is 0.0131. The van der Waals surface area contributed by atoms with Gasteiger partial charge < -0.3 is 15.1 Å². The number of nitriles is 1. The number of hydrogen-bond donors (Lipinski definition) is 1. The first-order valence-corrected chi connectivity index (χ1v) is 9.65. The number of rotatable bonds is 7. The van der Waals surface area contributed by atoms with Crippen molar-refractivity contribution in [1.29, 1.82) is 5.26 Å². The molecule has 1 N–H and O–H groups in total. The molecule has 0 radical (unpaired) electrons. The number of carbonyl (C=O) groups excluding carboxylic acids is 2. The SMILES string of the molecule is CN(C)C(=O)C1(CCCNCC(=O)N2C[C@@H](F)C[C@H]2C#N)CCCCC1. The second-order valence-electron chi connectivity index (χ2n) is 7.84. The highest BCUT2D eigenvalue weighted by Crippen LogP contribution is 2.41. The summed E-state index contributed by atoms with van der Waals surface area (Å²) in [4.78, 5) is 27.8. The second kappa shape index (κ2) is 9.31. The van der Waals surface area contributed by atoms with Crippen molar-refractivity contribution in [2.45, 2.75) is 63.6 Å². The van der Waals surface area contributed by atoms with Gasteiger partial charge in [-0.2, -0.15) is 5.26 Å². The van der Waals surface area contributed by atoms with Crippen LogP contribution in [0.1, 0.15) is 51.4 Å². The van der Waals surface area contributed by atoms with Crippen molar-refractivity contribution >= 4 is 11.8 Å². The van der Waals surface area contributed by atoms with Crippen molar-refractivity contribution in [3.05, 3.63) is 0 Å². The monoisotopic (exact) mass is 366 g/mol. The van der Waals surface area contributed by atoms with Gasteiger partial charge in [-0.3, -0.25) is 9.59 Å². The molecule has 1 saturated carbocycles. The quantitative estimate of drug-likeness (QED) is 0.698. The van der Waals surface area contributed by atoms with Gasteiger partial charge in [-0.25, -0.2) is 4.39 Å². The van der Waals surface area contributed by atoms with E-state index in [9.17, 15) is 14.0 Å². The van der Waals surface area contributed by atoms with Crippen LogP contribution < -0.4 is 5.32 Å². The lowest BCUT2D eigenvalue weighted by Gasteiger charge is -2.38. The number of carbonyl (C=O) groups is 2. The molecule has 1 saturated heterocycles. The van der Waals surface area contributed by atoms with Gasteiger partial charge in [0, 0.05) is 25.9 Å². The highest BCUT2D eigenvalue weighted by Gasteiger charge is 2.39. The lowest BCUT2D eigenvalue weighted by molar-refractivity contribution is -0.142. The van der Waals surface area contributed by atoms with Crippen LogP contribution in [-0.2, 0) is 9.59 Å². The summed E-state index contributed by atoms with van der Waals surface area (Å²) >= 11 is 0. The summed E-state index contributed by atoms with van der Waals surface area (Å²) in [5.41, 5.74) is -0.254. The maximum absolute atomic E-state index is 13.4. The molecular formula is C19H31FN4O2. The Labute approximate surface area is 155 Å². The van der Waals surface area contributed by atoms with Gasteiger partial charge in [-0.1, -0.05) is 19.3 Å². The summed E-state index contributed by atoms with van der Waals surface area (Å²) in [7, 11) is 3.63. The predicted octanol–water partition coefficient (Wildman–Crippen LogP) is 1.86. The molecule has 2 fully saturated rings. The van der Waals surface area contributed by atoms with Gasteiger partial charge >= 0.3 is 0 Å². The molecule has 2 aliphatic rings. The van der Waals surface area contributed by atoms with Gasteiger partial charge in [-0.15, -0.1) is 0 Å². The van der Waals surface area contributed by atoms with E-state index in [-0.39, 0.29) is 36.7 Å². The van der Waals surface area contributed by atoms with Gasteiger partial charge in [0.1, 0.15) is 12.2 Å². The summed E-state index contributed by atoms with van der Waals surface area (Å²) in [6, 6.07) is 1.34. The Hall–Kier alpha value is -1.68. The minimum atomic E-state index is -1.10. The number of likely N-dealkylation sites (tertiary alicyclic amines) is 1. The van der Waals surface area contributed by atoms with Crippen molar-refractivity contribution in [1.82, 2.24) is 15.1 Å². The van der Waals surface area contributed by atoms with Gasteiger partial charge in [0.05, 0.1) is 19.2 Å². The normalized spacial score (nSPS) is 24.9. The third kappa shape index (κ3) is 4.94. The van der Waals surface area contributed by atoms with Crippen LogP contribution in [0.2, 0.25) is 0 Å². The number of amides is 2. The van der Waals surface area contributed by atoms with Crippen LogP contribution in [0.25, 0.3) is 0 Å². The molecule has 0 bridgehead atoms. The molecule has 2 rings (SSSR count). The number of nitrogens with zero attached hydrogens (tertiary/aromatic N) is 3. The Morgan fingerprint density at radius 2 is 2.00 bits per heavy atom. The van der Waals surface area contributed by atoms with Crippen LogP contribution in [0.3, 0.4) is 0 Å². The molecule has 2 atom stereocenters. The first-order chi connectivity index (χ1) is 12.4. The molecule has 6 nitrogen and oxygen atoms in total. The van der Waals surface area contributed by atoms with Crippen molar-refractivity contribution in [3.63, 3.8) is 0 Å². The Bertz CT molecular complexity index is 540. The van der Waals surface area contributed by atoms with E-state index in [1.807, 2.05) is 20.2 Å². The lowest BCUT2D eigenvalue weighted by atomic mass is 9.70. The Balaban J connectivity index is 1.76. The summed E-state index contributed by atoms with van der Waals surface area (Å²) in [5, 5.41) is 12.1. The fourth-order valence-corrected chi connectivity index (χ4v) is 4.31. The highest BCUT2D eigenvalue weighted by molar-refractivity contribution is 5.82. The van der Waals surface area contributed by atoms with Crippen LogP contribution in [-0.4, -0.2) is 67.6 Å². The van der Waals surface area contributed by atoms with E-state index < -0.39 is 12.2 Å². The Morgan fingerprint density at radius 1 is 1.31 bits per heavy atom. The number of halogens is 1. The summed E-state index contributed by atoms with van der Waals surface area (Å²) < 4.78 is 13.4. The lowest BCUT2D eigenvalue weighted by Crippen LogP contribution is -2.43. The van der Waals surface area contributed by atoms with Crippen molar-refractivity contribution in [2.75, 3.05) is 33.7 Å². The highest BCUT2D eigenvalue weighted by atomic mass is 19.1. The van der Waals surface area contributed by atoms with Crippen LogP contribution >= 0.6 is 0 Å². The molecule has 1 heterocycles. The van der Waals surface area contributed by atoms with Crippen molar-refractivity contribution in [3.8, 4) is 6.07 Å². The van der Waals surface area contributed by atoms with Gasteiger partial charge in [-0.05, 0) is 32.2 Å². The average molecular weight is 366 g/mol. The number of hydrogen-bond acceptors (Lipinski definition) is 4. The smallest absolute Gasteiger partial charge is 0.237 e. The molecule has 26 heavy (non-hydrogen) atoms. The second-order valence-corrected chi connectivity index (χ2v) is 7.84. The van der Waals surface area contributed by atoms with Crippen molar-refractivity contribution < 1.29 is 14.0 Å². The van der Waals surface area contributed by atoms with Gasteiger partial charge in [0.2, 0.25) is 11.8 Å². The molecule has 2 amide bonds. The van der Waals surface area contributed by atoms with E-state index >= 15 is 0 Å². The number of alkyl halides is 1. The largest absolute Gasteiger partial charge is 0.348 e. The predicted molar refractivity (Wildman–Crippen MR) is 96.9 cm³/mol. The first kappa shape index (κ1) is 20.6. The van der Waals surface area contributed by atoms with E-state index in [0.717, 1.165) is 38.5 Å². The van der Waals surface area contributed by atoms with E-state index in [4.69, 9.17) is 5.26 Å². The maximum atomic E-state index is 13.4. The Morgan fingerprint density at radius 3 is 2.62 bits per heavy atom. The van der Waals surface area contributed by atoms with E-state index in [1.54, 1.807) is 4.90 Å². The number of nitrogens with one attached hydrogen (secondary N) is 1. The molecule has 1 aliphatic carbocycles. The zero-order valence-corrected chi connectivity index (χ0v) is 16.0. The Kier molecular flexibility index (Phi) is 7.39. The summed E-state index contributed by atoms with van der Waals surface area (Å²) in [6.07, 6.45) is 5.92. The molecule has 7 heteroatoms. The van der Waals surface area contributed by atoms with E-state index in [1.165, 1.54) is 11.3 Å². The molecule has 1 aliphatic heterocycles. The van der Waals surface area contributed by atoms with Gasteiger partial charge in [0.25, 0.3) is 0 Å². The molecule has 0 aromatic rings. The van der Waals surface area contributed by atoms with Crippen LogP contribution in [0, 0.1) is 16.7 Å². The van der Waals surface area contributed by atoms with E-state index in [2.05, 4.69) is 5.32 Å². The standard InChI is InChI=1S/C19H31FN4O2/c1-23(2)18(26)19(7-4-3-5-8-19)9-6-10-22-13-17(25)24-14-15(20)11-16(24)12-21/h15-16,22H,3-11,13-14H2,1-2H3/t15-,16-/m0/s1. The molecule has 0 spiro atoms. The average Bonchev–Trinajstić information content (AvgIpc) is 3.02. The van der Waals surface area contributed by atoms with E-state index in [0.29, 0.717) is 6.54 Å². The third-order valence-electron chi connectivity index (χ3n) is 5.68. The first-order valence-electron chi connectivity index (χ1n) is 9.65. The molecule has 0 aromatic heterocycles. The molecular weight excluding hydrogens is 335 g/mol. The summed E-state index contributed by atoms with van der Waals surface area (Å²) in [5.74, 6) is -0.00959. The zero-order chi connectivity index (χ0) is 19.2. The zero-order valence-electron chi connectivity index (χ0n) is 16.0. The summed E-state index contributed by atoms with van der Waals surface area (Å²) in [6.45, 7) is 0.761. The van der Waals surface area contributed by atoms with Crippen LogP contribution in [0.5, 0.6) is 0 Å². The van der Waals surface area contributed by atoms with Gasteiger partial charge in [0.15, 0.2) is 0 Å². The maximum Gasteiger partial charge on any atom is 0.237 e. The van der Waals surface area contributed by atoms with Crippen molar-refractivity contribution in [2.24, 2.45) is 5.41 Å². The minimum Gasteiger partial charge on any atom is -0.348 e. The van der Waals surface area contributed by atoms with Crippen LogP contribution in [0.15, 0.2) is 0 Å². The topological polar surface area (TPSA) is 76.4 Å². The fourth-order valence-electron chi connectivity index (χ4n) is 4.31. The molecule has 0 unspecified atom stereocenters. The van der Waals surface area contributed by atoms with Crippen LogP contribution in [0.4, 0.5) is 4.39 Å². The molecule has 0 aromatic carbocycles. The molecule has 146 valence electrons. The fraction of sp³-hybridized carbons (Fsp3) is 0.842. The third-order valence-corrected chi connectivity index (χ3v) is 5.68.